The zero-order valence-electron chi connectivity index (χ0n) is 8.30. The van der Waals surface area contributed by atoms with Gasteiger partial charge in [-0.05, 0) is 29.7 Å². The van der Waals surface area contributed by atoms with Crippen LogP contribution >= 0.6 is 0 Å². The fourth-order valence-corrected chi connectivity index (χ4v) is 2.00. The van der Waals surface area contributed by atoms with Gasteiger partial charge in [0.15, 0.2) is 0 Å². The molecule has 1 aromatic carbocycles. The van der Waals surface area contributed by atoms with Crippen LogP contribution in [-0.4, -0.2) is 23.3 Å². The third-order valence-corrected chi connectivity index (χ3v) is 2.79. The molecule has 1 aliphatic carbocycles. The molecular weight excluding hydrogens is 196 g/mol. The fraction of sp³-hybridized carbons (Fsp3) is 0.364. The van der Waals surface area contributed by atoms with E-state index < -0.39 is 18.0 Å². The van der Waals surface area contributed by atoms with Crippen LogP contribution in [0.1, 0.15) is 29.6 Å². The van der Waals surface area contributed by atoms with E-state index in [2.05, 4.69) is 0 Å². The number of hydrogen-bond acceptors (Lipinski definition) is 3. The molecule has 0 heterocycles. The number of rotatable bonds is 2. The van der Waals surface area contributed by atoms with Gasteiger partial charge in [-0.3, -0.25) is 4.79 Å². The second-order valence-electron chi connectivity index (χ2n) is 3.64. The summed E-state index contributed by atoms with van der Waals surface area (Å²) in [5.41, 5.74) is 1.36. The lowest BCUT2D eigenvalue weighted by molar-refractivity contribution is -0.139. The first kappa shape index (κ1) is 9.98. The summed E-state index contributed by atoms with van der Waals surface area (Å²) >= 11 is 0. The van der Waals surface area contributed by atoms with Crippen molar-refractivity contribution in [3.8, 4) is 5.75 Å². The molecule has 0 aromatic heterocycles. The van der Waals surface area contributed by atoms with Crippen molar-refractivity contribution in [1.82, 2.24) is 0 Å². The molecule has 4 nitrogen and oxygen atoms in total. The van der Waals surface area contributed by atoms with Crippen molar-refractivity contribution < 1.29 is 19.7 Å². The number of hydrogen-bond donors (Lipinski definition) is 2. The highest BCUT2D eigenvalue weighted by molar-refractivity contribution is 5.78. The quantitative estimate of drug-likeness (QED) is 0.768. The Bertz CT molecular complexity index is 400. The van der Waals surface area contributed by atoms with Crippen molar-refractivity contribution in [2.75, 3.05) is 7.11 Å². The third kappa shape index (κ3) is 1.57. The number of aliphatic carboxylic acids is 1. The molecule has 0 aliphatic heterocycles. The van der Waals surface area contributed by atoms with E-state index in [0.717, 1.165) is 0 Å². The number of methoxy groups -OCH3 is 1. The molecule has 1 aromatic rings. The smallest absolute Gasteiger partial charge is 0.311 e. The van der Waals surface area contributed by atoms with Crippen molar-refractivity contribution in [2.45, 2.75) is 18.4 Å². The third-order valence-electron chi connectivity index (χ3n) is 2.79. The summed E-state index contributed by atoms with van der Waals surface area (Å²) in [6.07, 6.45) is -0.450. The molecule has 0 saturated carbocycles. The summed E-state index contributed by atoms with van der Waals surface area (Å²) in [5, 5.41) is 18.7. The molecule has 0 saturated heterocycles. The Hall–Kier alpha value is -1.55. The maximum Gasteiger partial charge on any atom is 0.311 e. The number of fused-ring (bicyclic) bond motifs is 1. The van der Waals surface area contributed by atoms with Crippen LogP contribution in [0.2, 0.25) is 0 Å². The molecule has 2 atom stereocenters. The van der Waals surface area contributed by atoms with Crippen LogP contribution in [0.3, 0.4) is 0 Å². The highest BCUT2D eigenvalue weighted by atomic mass is 16.5. The average molecular weight is 208 g/mol. The van der Waals surface area contributed by atoms with E-state index in [4.69, 9.17) is 9.84 Å². The van der Waals surface area contributed by atoms with Crippen molar-refractivity contribution in [3.05, 3.63) is 29.3 Å². The van der Waals surface area contributed by atoms with E-state index in [9.17, 15) is 9.90 Å². The van der Waals surface area contributed by atoms with Crippen molar-refractivity contribution in [2.24, 2.45) is 0 Å². The van der Waals surface area contributed by atoms with Crippen LogP contribution < -0.4 is 4.74 Å². The largest absolute Gasteiger partial charge is 0.497 e. The molecule has 2 N–H and O–H groups in total. The monoisotopic (exact) mass is 208 g/mol. The second-order valence-corrected chi connectivity index (χ2v) is 3.64. The zero-order chi connectivity index (χ0) is 11.0. The van der Waals surface area contributed by atoms with E-state index in [1.165, 1.54) is 7.11 Å². The van der Waals surface area contributed by atoms with Crippen molar-refractivity contribution in [3.63, 3.8) is 0 Å². The number of carboxylic acid groups (broad SMARTS) is 1. The van der Waals surface area contributed by atoms with E-state index in [1.54, 1.807) is 18.2 Å². The molecule has 80 valence electrons. The SMILES string of the molecule is COc1ccc2c(c1)C(O)CC2C(=O)O. The molecule has 0 spiro atoms. The molecule has 15 heavy (non-hydrogen) atoms. The zero-order valence-corrected chi connectivity index (χ0v) is 8.30. The Labute approximate surface area is 87.1 Å². The maximum atomic E-state index is 10.9. The van der Waals surface area contributed by atoms with E-state index in [-0.39, 0.29) is 6.42 Å². The Morgan fingerprint density at radius 1 is 1.47 bits per heavy atom. The number of aliphatic hydroxyl groups excluding tert-OH is 1. The van der Waals surface area contributed by atoms with Gasteiger partial charge in [-0.2, -0.15) is 0 Å². The lowest BCUT2D eigenvalue weighted by Crippen LogP contribution is -2.07. The standard InChI is InChI=1S/C11H12O4/c1-15-6-2-3-7-8(4-6)10(12)5-9(7)11(13)14/h2-4,9-10,12H,5H2,1H3,(H,13,14). The lowest BCUT2D eigenvalue weighted by atomic mass is 10.0. The van der Waals surface area contributed by atoms with Gasteiger partial charge >= 0.3 is 5.97 Å². The average Bonchev–Trinajstić information content (AvgIpc) is 2.56. The van der Waals surface area contributed by atoms with Crippen LogP contribution in [0.4, 0.5) is 0 Å². The van der Waals surface area contributed by atoms with Gasteiger partial charge in [0, 0.05) is 0 Å². The van der Waals surface area contributed by atoms with E-state index in [0.29, 0.717) is 16.9 Å². The van der Waals surface area contributed by atoms with Crippen LogP contribution in [0.5, 0.6) is 5.75 Å². The highest BCUT2D eigenvalue weighted by Gasteiger charge is 2.34. The van der Waals surface area contributed by atoms with Crippen LogP contribution in [0, 0.1) is 0 Å². The molecule has 0 radical (unpaired) electrons. The number of ether oxygens (including phenoxy) is 1. The first-order chi connectivity index (χ1) is 7.13. The molecule has 0 amide bonds. The van der Waals surface area contributed by atoms with Gasteiger partial charge in [0.25, 0.3) is 0 Å². The predicted octanol–water partition coefficient (Wildman–Crippen LogP) is 1.30. The Kier molecular flexibility index (Phi) is 2.36. The number of aliphatic hydroxyl groups is 1. The summed E-state index contributed by atoms with van der Waals surface area (Å²) in [5.74, 6) is -0.849. The van der Waals surface area contributed by atoms with Gasteiger partial charge in [-0.25, -0.2) is 0 Å². The molecule has 0 fully saturated rings. The minimum absolute atomic E-state index is 0.248. The summed E-state index contributed by atoms with van der Waals surface area (Å²) in [6, 6.07) is 5.12. The fourth-order valence-electron chi connectivity index (χ4n) is 2.00. The summed E-state index contributed by atoms with van der Waals surface area (Å²) < 4.78 is 5.02. The van der Waals surface area contributed by atoms with Crippen LogP contribution in [0.25, 0.3) is 0 Å². The molecule has 1 aliphatic rings. The Morgan fingerprint density at radius 3 is 2.80 bits per heavy atom. The van der Waals surface area contributed by atoms with Gasteiger partial charge in [0.1, 0.15) is 5.75 Å². The normalized spacial score (nSPS) is 23.6. The van der Waals surface area contributed by atoms with Crippen molar-refractivity contribution >= 4 is 5.97 Å². The lowest BCUT2D eigenvalue weighted by Gasteiger charge is -2.06. The van der Waals surface area contributed by atoms with Crippen LogP contribution in [-0.2, 0) is 4.79 Å². The van der Waals surface area contributed by atoms with Gasteiger partial charge in [-0.15, -0.1) is 0 Å². The molecule has 2 unspecified atom stereocenters. The molecule has 2 rings (SSSR count). The number of benzene rings is 1. The van der Waals surface area contributed by atoms with Crippen molar-refractivity contribution in [1.29, 1.82) is 0 Å². The first-order valence-electron chi connectivity index (χ1n) is 4.72. The molecular formula is C11H12O4. The van der Waals surface area contributed by atoms with Crippen LogP contribution in [0.15, 0.2) is 18.2 Å². The minimum Gasteiger partial charge on any atom is -0.497 e. The van der Waals surface area contributed by atoms with Gasteiger partial charge in [0.05, 0.1) is 19.1 Å². The predicted molar refractivity (Wildman–Crippen MR) is 52.9 cm³/mol. The van der Waals surface area contributed by atoms with E-state index >= 15 is 0 Å². The van der Waals surface area contributed by atoms with Gasteiger partial charge in [-0.1, -0.05) is 6.07 Å². The summed E-state index contributed by atoms with van der Waals surface area (Å²) in [4.78, 5) is 10.9. The molecule has 0 bridgehead atoms. The topological polar surface area (TPSA) is 66.8 Å². The number of carbonyl (C=O) groups is 1. The van der Waals surface area contributed by atoms with Gasteiger partial charge < -0.3 is 14.9 Å². The number of carboxylic acids is 1. The highest BCUT2D eigenvalue weighted by Crippen LogP contribution is 2.41. The second kappa shape index (κ2) is 3.55. The Morgan fingerprint density at radius 2 is 2.20 bits per heavy atom. The van der Waals surface area contributed by atoms with Gasteiger partial charge in [0.2, 0.25) is 0 Å². The minimum atomic E-state index is -0.891. The molecule has 4 heteroatoms. The first-order valence-corrected chi connectivity index (χ1v) is 4.72. The van der Waals surface area contributed by atoms with E-state index in [1.807, 2.05) is 0 Å². The maximum absolute atomic E-state index is 10.9. The summed E-state index contributed by atoms with van der Waals surface area (Å²) in [6.45, 7) is 0. The summed E-state index contributed by atoms with van der Waals surface area (Å²) in [7, 11) is 1.54. The Balaban J connectivity index is 2.45.